The van der Waals surface area contributed by atoms with E-state index in [1.54, 1.807) is 0 Å². The molecule has 6 nitrogen and oxygen atoms in total. The van der Waals surface area contributed by atoms with E-state index in [2.05, 4.69) is 34.0 Å². The Morgan fingerprint density at radius 1 is 1.35 bits per heavy atom. The second-order valence-corrected chi connectivity index (χ2v) is 6.67. The maximum atomic E-state index is 6.32. The van der Waals surface area contributed by atoms with Gasteiger partial charge in [0.15, 0.2) is 5.82 Å². The molecule has 1 aliphatic carbocycles. The lowest BCUT2D eigenvalue weighted by Crippen LogP contribution is -2.50. The number of likely N-dealkylation sites (N-methyl/N-ethyl adjacent to an activating group) is 2. The zero-order chi connectivity index (χ0) is 14.3. The Bertz CT molecular complexity index is 468. The van der Waals surface area contributed by atoms with Gasteiger partial charge in [-0.3, -0.25) is 0 Å². The molecule has 2 aliphatic rings. The lowest BCUT2D eigenvalue weighted by Gasteiger charge is -2.37. The predicted molar refractivity (Wildman–Crippen MR) is 76.2 cm³/mol. The Morgan fingerprint density at radius 3 is 2.80 bits per heavy atom. The van der Waals surface area contributed by atoms with Crippen LogP contribution >= 0.6 is 0 Å². The van der Waals surface area contributed by atoms with Crippen molar-refractivity contribution in [3.8, 4) is 0 Å². The molecular weight excluding hydrogens is 254 g/mol. The fourth-order valence-electron chi connectivity index (χ4n) is 2.95. The van der Waals surface area contributed by atoms with Gasteiger partial charge >= 0.3 is 0 Å². The van der Waals surface area contributed by atoms with E-state index in [0.717, 1.165) is 31.9 Å². The Kier molecular flexibility index (Phi) is 3.56. The van der Waals surface area contributed by atoms with E-state index in [4.69, 9.17) is 10.3 Å². The third kappa shape index (κ3) is 2.73. The van der Waals surface area contributed by atoms with Gasteiger partial charge in [0.1, 0.15) is 0 Å². The van der Waals surface area contributed by atoms with Crippen molar-refractivity contribution in [1.29, 1.82) is 0 Å². The number of hydrogen-bond donors (Lipinski definition) is 1. The molecule has 0 amide bonds. The van der Waals surface area contributed by atoms with Crippen LogP contribution in [0.5, 0.6) is 0 Å². The summed E-state index contributed by atoms with van der Waals surface area (Å²) < 4.78 is 5.42. The molecule has 2 heterocycles. The second-order valence-electron chi connectivity index (χ2n) is 6.67. The number of piperazine rings is 1. The molecule has 0 spiro atoms. The quantitative estimate of drug-likeness (QED) is 0.862. The summed E-state index contributed by atoms with van der Waals surface area (Å²) in [4.78, 5) is 9.27. The first-order chi connectivity index (χ1) is 9.46. The van der Waals surface area contributed by atoms with Crippen molar-refractivity contribution in [2.75, 3.05) is 33.7 Å². The van der Waals surface area contributed by atoms with E-state index in [1.807, 2.05) is 6.92 Å². The van der Waals surface area contributed by atoms with E-state index in [0.29, 0.717) is 17.9 Å². The Balaban J connectivity index is 1.67. The maximum Gasteiger partial charge on any atom is 0.246 e. The van der Waals surface area contributed by atoms with Crippen LogP contribution in [0, 0.1) is 5.92 Å². The SMILES string of the molecule is CN1CCN(C)C(Cc2noc(C(C)(N)C3CC3)n2)C1. The number of rotatable bonds is 4. The predicted octanol–water partition coefficient (Wildman–Crippen LogP) is 0.442. The van der Waals surface area contributed by atoms with Crippen LogP contribution in [0.2, 0.25) is 0 Å². The van der Waals surface area contributed by atoms with Crippen LogP contribution in [0.15, 0.2) is 4.52 Å². The Hall–Kier alpha value is -0.980. The minimum atomic E-state index is -0.458. The van der Waals surface area contributed by atoms with Crippen molar-refractivity contribution >= 4 is 0 Å². The minimum absolute atomic E-state index is 0.448. The fourth-order valence-corrected chi connectivity index (χ4v) is 2.95. The van der Waals surface area contributed by atoms with Crippen molar-refractivity contribution < 1.29 is 4.52 Å². The summed E-state index contributed by atoms with van der Waals surface area (Å²) in [5.41, 5.74) is 5.87. The molecule has 0 radical (unpaired) electrons. The van der Waals surface area contributed by atoms with Gasteiger partial charge in [-0.2, -0.15) is 4.98 Å². The summed E-state index contributed by atoms with van der Waals surface area (Å²) in [6.45, 7) is 5.25. The molecule has 3 rings (SSSR count). The van der Waals surface area contributed by atoms with Gasteiger partial charge in [0.05, 0.1) is 5.54 Å². The highest BCUT2D eigenvalue weighted by atomic mass is 16.5. The second kappa shape index (κ2) is 5.09. The molecule has 1 aliphatic heterocycles. The summed E-state index contributed by atoms with van der Waals surface area (Å²) in [5.74, 6) is 1.88. The summed E-state index contributed by atoms with van der Waals surface area (Å²) in [6, 6.07) is 0.448. The molecular formula is C14H25N5O. The van der Waals surface area contributed by atoms with Crippen LogP contribution in [-0.2, 0) is 12.0 Å². The van der Waals surface area contributed by atoms with Crippen LogP contribution in [0.1, 0.15) is 31.5 Å². The first-order valence-corrected chi connectivity index (χ1v) is 7.47. The summed E-state index contributed by atoms with van der Waals surface area (Å²) in [6.07, 6.45) is 3.16. The van der Waals surface area contributed by atoms with Crippen LogP contribution in [0.4, 0.5) is 0 Å². The highest BCUT2D eigenvalue weighted by Gasteiger charge is 2.44. The molecule has 2 fully saturated rings. The van der Waals surface area contributed by atoms with Crippen LogP contribution < -0.4 is 5.73 Å². The average molecular weight is 279 g/mol. The van der Waals surface area contributed by atoms with Gasteiger partial charge in [-0.15, -0.1) is 0 Å². The third-order valence-corrected chi connectivity index (χ3v) is 4.75. The molecule has 1 aromatic rings. The summed E-state index contributed by atoms with van der Waals surface area (Å²) >= 11 is 0. The highest BCUT2D eigenvalue weighted by Crippen LogP contribution is 2.43. The van der Waals surface area contributed by atoms with E-state index < -0.39 is 5.54 Å². The van der Waals surface area contributed by atoms with Crippen LogP contribution in [0.3, 0.4) is 0 Å². The largest absolute Gasteiger partial charge is 0.337 e. The normalized spacial score (nSPS) is 28.5. The first-order valence-electron chi connectivity index (χ1n) is 7.47. The van der Waals surface area contributed by atoms with Gasteiger partial charge in [-0.25, -0.2) is 0 Å². The number of aromatic nitrogens is 2. The minimum Gasteiger partial charge on any atom is -0.337 e. The van der Waals surface area contributed by atoms with Crippen LogP contribution in [0.25, 0.3) is 0 Å². The van der Waals surface area contributed by atoms with Gasteiger partial charge in [-0.1, -0.05) is 5.16 Å². The van der Waals surface area contributed by atoms with Gasteiger partial charge < -0.3 is 20.1 Å². The van der Waals surface area contributed by atoms with E-state index >= 15 is 0 Å². The molecule has 6 heteroatoms. The van der Waals surface area contributed by atoms with Crippen molar-refractivity contribution in [3.63, 3.8) is 0 Å². The number of nitrogens with two attached hydrogens (primary N) is 1. The molecule has 2 unspecified atom stereocenters. The smallest absolute Gasteiger partial charge is 0.246 e. The van der Waals surface area contributed by atoms with Gasteiger partial charge in [0.25, 0.3) is 0 Å². The van der Waals surface area contributed by atoms with E-state index in [-0.39, 0.29) is 0 Å². The maximum absolute atomic E-state index is 6.32. The lowest BCUT2D eigenvalue weighted by atomic mass is 9.97. The lowest BCUT2D eigenvalue weighted by molar-refractivity contribution is 0.113. The summed E-state index contributed by atoms with van der Waals surface area (Å²) in [7, 11) is 4.32. The monoisotopic (exact) mass is 279 g/mol. The van der Waals surface area contributed by atoms with E-state index in [9.17, 15) is 0 Å². The van der Waals surface area contributed by atoms with Crippen molar-refractivity contribution in [1.82, 2.24) is 19.9 Å². The molecule has 20 heavy (non-hydrogen) atoms. The standard InChI is InChI=1S/C14H25N5O/c1-14(15,10-4-5-10)13-16-12(17-20-13)8-11-9-18(2)6-7-19(11)3/h10-11H,4-9,15H2,1-3H3. The summed E-state index contributed by atoms with van der Waals surface area (Å²) in [5, 5.41) is 4.13. The highest BCUT2D eigenvalue weighted by molar-refractivity contribution is 5.08. The van der Waals surface area contributed by atoms with Crippen LogP contribution in [-0.4, -0.2) is 59.7 Å². The molecule has 0 aromatic carbocycles. The zero-order valence-corrected chi connectivity index (χ0v) is 12.7. The van der Waals surface area contributed by atoms with Crippen molar-refractivity contribution in [2.24, 2.45) is 11.7 Å². The van der Waals surface area contributed by atoms with Gasteiger partial charge in [-0.05, 0) is 39.8 Å². The zero-order valence-electron chi connectivity index (χ0n) is 12.7. The average Bonchev–Trinajstić information content (AvgIpc) is 3.15. The third-order valence-electron chi connectivity index (χ3n) is 4.75. The Morgan fingerprint density at radius 2 is 2.10 bits per heavy atom. The van der Waals surface area contributed by atoms with Gasteiger partial charge in [0, 0.05) is 32.1 Å². The van der Waals surface area contributed by atoms with E-state index in [1.165, 1.54) is 12.8 Å². The molecule has 112 valence electrons. The number of nitrogens with zero attached hydrogens (tertiary/aromatic N) is 4. The molecule has 2 atom stereocenters. The molecule has 1 aromatic heterocycles. The Labute approximate surface area is 120 Å². The van der Waals surface area contributed by atoms with Crippen molar-refractivity contribution in [3.05, 3.63) is 11.7 Å². The topological polar surface area (TPSA) is 71.4 Å². The first kappa shape index (κ1) is 14.0. The molecule has 0 bridgehead atoms. The number of hydrogen-bond acceptors (Lipinski definition) is 6. The molecule has 1 saturated heterocycles. The van der Waals surface area contributed by atoms with Crippen molar-refractivity contribution in [2.45, 2.75) is 37.8 Å². The molecule has 2 N–H and O–H groups in total. The molecule has 1 saturated carbocycles. The fraction of sp³-hybridized carbons (Fsp3) is 0.857. The van der Waals surface area contributed by atoms with Gasteiger partial charge in [0.2, 0.25) is 5.89 Å².